The van der Waals surface area contributed by atoms with Crippen molar-refractivity contribution in [3.8, 4) is 0 Å². The molecule has 0 spiro atoms. The Morgan fingerprint density at radius 2 is 1.82 bits per heavy atom. The molecule has 1 radical (unpaired) electrons. The molecular formula is C8H17O2Ti. The third-order valence-electron chi connectivity index (χ3n) is 1.68. The molecule has 0 aromatic rings. The minimum atomic E-state index is -2.00. The molecule has 2 nitrogen and oxygen atoms in total. The normalized spacial score (nSPS) is 8.36. The van der Waals surface area contributed by atoms with Gasteiger partial charge in [-0.3, -0.25) is 0 Å². The van der Waals surface area contributed by atoms with Crippen molar-refractivity contribution < 1.29 is 25.7 Å². The van der Waals surface area contributed by atoms with Gasteiger partial charge in [0.25, 0.3) is 0 Å². The summed E-state index contributed by atoms with van der Waals surface area (Å²) in [7, 11) is 0. The SMILES string of the molecule is [CH2]CC(CC)CCC.[O]=[Ti]=[O]. The molecule has 0 aliphatic carbocycles. The van der Waals surface area contributed by atoms with Crippen LogP contribution in [0.5, 0.6) is 0 Å². The second kappa shape index (κ2) is 12.9. The predicted molar refractivity (Wildman–Crippen MR) is 40.0 cm³/mol. The molecule has 0 aromatic heterocycles. The summed E-state index contributed by atoms with van der Waals surface area (Å²) in [4.78, 5) is 0. The summed E-state index contributed by atoms with van der Waals surface area (Å²) < 4.78 is 17.0. The quantitative estimate of drug-likeness (QED) is 0.643. The molecule has 0 fully saturated rings. The monoisotopic (exact) mass is 193 g/mol. The van der Waals surface area contributed by atoms with Gasteiger partial charge in [-0.25, -0.2) is 0 Å². The van der Waals surface area contributed by atoms with E-state index in [0.29, 0.717) is 0 Å². The van der Waals surface area contributed by atoms with E-state index in [0.717, 1.165) is 12.3 Å². The molecule has 0 rings (SSSR count). The molecule has 0 aliphatic rings. The summed E-state index contributed by atoms with van der Waals surface area (Å²) in [5.41, 5.74) is 0. The molecule has 0 aromatic carbocycles. The molecule has 0 amide bonds. The van der Waals surface area contributed by atoms with E-state index in [9.17, 15) is 0 Å². The molecule has 1 atom stereocenters. The molecular weight excluding hydrogens is 176 g/mol. The van der Waals surface area contributed by atoms with Gasteiger partial charge in [-0.1, -0.05) is 46.5 Å². The Bertz CT molecular complexity index is 94.3. The van der Waals surface area contributed by atoms with Crippen molar-refractivity contribution in [3.05, 3.63) is 6.92 Å². The molecule has 3 heteroatoms. The third-order valence-corrected chi connectivity index (χ3v) is 1.68. The third kappa shape index (κ3) is 13.3. The van der Waals surface area contributed by atoms with Crippen LogP contribution in [0.1, 0.15) is 39.5 Å². The fourth-order valence-corrected chi connectivity index (χ4v) is 0.961. The topological polar surface area (TPSA) is 34.1 Å². The first kappa shape index (κ1) is 13.9. The van der Waals surface area contributed by atoms with Crippen LogP contribution in [0.25, 0.3) is 0 Å². The zero-order valence-corrected chi connectivity index (χ0v) is 8.99. The summed E-state index contributed by atoms with van der Waals surface area (Å²) >= 11 is -2.00. The zero-order valence-electron chi connectivity index (χ0n) is 7.43. The van der Waals surface area contributed by atoms with Crippen LogP contribution < -0.4 is 0 Å². The first-order valence-electron chi connectivity index (χ1n) is 4.05. The second-order valence-electron chi connectivity index (χ2n) is 2.43. The Balaban J connectivity index is 0. The van der Waals surface area contributed by atoms with E-state index in [2.05, 4.69) is 20.8 Å². The molecule has 0 N–H and O–H groups in total. The van der Waals surface area contributed by atoms with Gasteiger partial charge in [-0.2, -0.15) is 0 Å². The molecule has 0 aliphatic heterocycles. The summed E-state index contributed by atoms with van der Waals surface area (Å²) in [5, 5.41) is 0. The van der Waals surface area contributed by atoms with Gasteiger partial charge in [0.2, 0.25) is 0 Å². The van der Waals surface area contributed by atoms with Gasteiger partial charge >= 0.3 is 25.7 Å². The molecule has 0 saturated heterocycles. The van der Waals surface area contributed by atoms with E-state index in [1.165, 1.54) is 19.3 Å². The Labute approximate surface area is 78.3 Å². The van der Waals surface area contributed by atoms with E-state index in [4.69, 9.17) is 6.65 Å². The fraction of sp³-hybridized carbons (Fsp3) is 0.875. The Morgan fingerprint density at radius 3 is 1.91 bits per heavy atom. The average Bonchev–Trinajstić information content (AvgIpc) is 2.02. The van der Waals surface area contributed by atoms with Crippen molar-refractivity contribution in [2.45, 2.75) is 39.5 Å². The van der Waals surface area contributed by atoms with Crippen LogP contribution in [0.3, 0.4) is 0 Å². The van der Waals surface area contributed by atoms with Crippen molar-refractivity contribution in [2.75, 3.05) is 0 Å². The maximum atomic E-state index is 8.50. The summed E-state index contributed by atoms with van der Waals surface area (Å²) in [5.74, 6) is 0.889. The predicted octanol–water partition coefficient (Wildman–Crippen LogP) is 2.80. The molecule has 0 saturated carbocycles. The molecule has 1 unspecified atom stereocenters. The molecule has 11 heavy (non-hydrogen) atoms. The zero-order chi connectivity index (χ0) is 9.11. The van der Waals surface area contributed by atoms with Crippen LogP contribution >= 0.6 is 0 Å². The second-order valence-corrected chi connectivity index (χ2v) is 2.70. The van der Waals surface area contributed by atoms with E-state index < -0.39 is 19.1 Å². The Morgan fingerprint density at radius 1 is 1.36 bits per heavy atom. The van der Waals surface area contributed by atoms with Crippen molar-refractivity contribution in [1.29, 1.82) is 0 Å². The van der Waals surface area contributed by atoms with Crippen LogP contribution in [-0.2, 0) is 25.7 Å². The van der Waals surface area contributed by atoms with E-state index in [-0.39, 0.29) is 0 Å². The van der Waals surface area contributed by atoms with Gasteiger partial charge in [0.05, 0.1) is 0 Å². The Kier molecular flexibility index (Phi) is 16.3. The van der Waals surface area contributed by atoms with Crippen LogP contribution in [0.2, 0.25) is 0 Å². The van der Waals surface area contributed by atoms with Crippen molar-refractivity contribution in [1.82, 2.24) is 0 Å². The molecule has 65 valence electrons. The summed E-state index contributed by atoms with van der Waals surface area (Å²) in [6, 6.07) is 0. The number of hydrogen-bond donors (Lipinski definition) is 0. The number of hydrogen-bond acceptors (Lipinski definition) is 2. The first-order chi connectivity index (χ1) is 5.26. The molecule has 0 bridgehead atoms. The van der Waals surface area contributed by atoms with Crippen LogP contribution in [-0.4, -0.2) is 0 Å². The van der Waals surface area contributed by atoms with Gasteiger partial charge in [0, 0.05) is 0 Å². The van der Waals surface area contributed by atoms with Gasteiger partial charge < -0.3 is 0 Å². The summed E-state index contributed by atoms with van der Waals surface area (Å²) in [6.45, 7) is 8.35. The van der Waals surface area contributed by atoms with Crippen LogP contribution in [0, 0.1) is 12.8 Å². The van der Waals surface area contributed by atoms with Crippen molar-refractivity contribution in [2.24, 2.45) is 5.92 Å². The van der Waals surface area contributed by atoms with Gasteiger partial charge in [0.1, 0.15) is 0 Å². The van der Waals surface area contributed by atoms with E-state index >= 15 is 0 Å². The first-order valence-corrected chi connectivity index (χ1v) is 5.32. The Hall–Kier alpha value is 0.314. The van der Waals surface area contributed by atoms with Crippen LogP contribution in [0.15, 0.2) is 0 Å². The number of rotatable bonds is 4. The van der Waals surface area contributed by atoms with E-state index in [1.54, 1.807) is 0 Å². The van der Waals surface area contributed by atoms with Gasteiger partial charge in [0.15, 0.2) is 0 Å². The summed E-state index contributed by atoms with van der Waals surface area (Å²) in [6.07, 6.45) is 5.09. The van der Waals surface area contributed by atoms with Gasteiger partial charge in [-0.15, -0.1) is 0 Å². The average molecular weight is 193 g/mol. The minimum absolute atomic E-state index is 0.889. The molecule has 0 heterocycles. The van der Waals surface area contributed by atoms with Crippen LogP contribution in [0.4, 0.5) is 0 Å². The van der Waals surface area contributed by atoms with Crippen molar-refractivity contribution in [3.63, 3.8) is 0 Å². The fourth-order valence-electron chi connectivity index (χ4n) is 0.961. The van der Waals surface area contributed by atoms with Crippen molar-refractivity contribution >= 4 is 0 Å². The van der Waals surface area contributed by atoms with E-state index in [1.807, 2.05) is 0 Å². The van der Waals surface area contributed by atoms with Gasteiger partial charge in [-0.05, 0) is 5.92 Å². The maximum absolute atomic E-state index is 8.50. The standard InChI is InChI=1S/C8H17.2O.Ti/c1-4-7-8(5-2)6-3;;;/h8H,2,4-7H2,1,3H3;;;.